The molecule has 0 aromatic rings. The maximum Gasteiger partial charge on any atom is 0.377 e. The molecule has 0 unspecified atom stereocenters. The Labute approximate surface area is 56.2 Å². The van der Waals surface area contributed by atoms with Crippen LogP contribution in [0.15, 0.2) is 11.5 Å². The van der Waals surface area contributed by atoms with E-state index in [1.165, 1.54) is 0 Å². The normalized spacial score (nSPS) is 25.3. The van der Waals surface area contributed by atoms with Gasteiger partial charge in [-0.2, -0.15) is 0 Å². The fourth-order valence-corrected chi connectivity index (χ4v) is 0.622. The highest BCUT2D eigenvalue weighted by atomic mass is 16.6. The molecule has 1 rings (SSSR count). The van der Waals surface area contributed by atoms with Crippen molar-refractivity contribution >= 4 is 5.97 Å². The highest BCUT2D eigenvalue weighted by molar-refractivity contribution is 5.88. The first kappa shape index (κ1) is 6.88. The molecule has 0 aliphatic carbocycles. The molecule has 0 spiro atoms. The molecule has 0 saturated carbocycles. The van der Waals surface area contributed by atoms with Gasteiger partial charge in [0.25, 0.3) is 0 Å². The zero-order valence-electron chi connectivity index (χ0n) is 4.94. The van der Waals surface area contributed by atoms with Gasteiger partial charge in [-0.15, -0.1) is 0 Å². The molecule has 1 aliphatic rings. The minimum atomic E-state index is -1.09. The van der Waals surface area contributed by atoms with E-state index in [1.54, 1.807) is 0 Å². The Morgan fingerprint density at radius 1 is 1.50 bits per heavy atom. The van der Waals surface area contributed by atoms with Gasteiger partial charge in [-0.1, -0.05) is 0 Å². The molecule has 0 radical (unpaired) electrons. The Morgan fingerprint density at radius 2 is 2.10 bits per heavy atom. The molecular weight excluding hydrogens is 140 g/mol. The number of hydrogen-bond acceptors (Lipinski definition) is 5. The van der Waals surface area contributed by atoms with E-state index in [2.05, 4.69) is 4.74 Å². The maximum atomic E-state index is 10.4. The van der Waals surface area contributed by atoms with Gasteiger partial charge in [0.1, 0.15) is 0 Å². The molecule has 5 heteroatoms. The van der Waals surface area contributed by atoms with Gasteiger partial charge in [0.2, 0.25) is 5.76 Å². The highest BCUT2D eigenvalue weighted by Gasteiger charge is 2.33. The summed E-state index contributed by atoms with van der Waals surface area (Å²) in [6.07, 6.45) is -1.09. The second-order valence-corrected chi connectivity index (χ2v) is 1.81. The summed E-state index contributed by atoms with van der Waals surface area (Å²) in [6.45, 7) is -0.526. The number of rotatable bonds is 1. The molecule has 10 heavy (non-hydrogen) atoms. The SMILES string of the molecule is O=C1O[C@H](CO)C(O)=C1O. The quantitative estimate of drug-likeness (QED) is 0.423. The third-order valence-electron chi connectivity index (χ3n) is 1.16. The van der Waals surface area contributed by atoms with Crippen molar-refractivity contribution in [2.75, 3.05) is 6.61 Å². The Balaban J connectivity index is 2.83. The van der Waals surface area contributed by atoms with E-state index in [9.17, 15) is 4.79 Å². The Morgan fingerprint density at radius 3 is 2.30 bits per heavy atom. The van der Waals surface area contributed by atoms with Crippen molar-refractivity contribution in [1.29, 1.82) is 0 Å². The molecule has 0 fully saturated rings. The zero-order valence-corrected chi connectivity index (χ0v) is 4.94. The fraction of sp³-hybridized carbons (Fsp3) is 0.400. The number of aliphatic hydroxyl groups is 3. The molecule has 0 bridgehead atoms. The van der Waals surface area contributed by atoms with E-state index in [0.717, 1.165) is 0 Å². The van der Waals surface area contributed by atoms with E-state index >= 15 is 0 Å². The number of ether oxygens (including phenoxy) is 1. The van der Waals surface area contributed by atoms with Gasteiger partial charge in [0.05, 0.1) is 6.61 Å². The van der Waals surface area contributed by atoms with E-state index in [1.807, 2.05) is 0 Å². The van der Waals surface area contributed by atoms with Crippen LogP contribution >= 0.6 is 0 Å². The van der Waals surface area contributed by atoms with Crippen molar-refractivity contribution in [3.05, 3.63) is 11.5 Å². The second kappa shape index (κ2) is 2.18. The predicted molar refractivity (Wildman–Crippen MR) is 29.2 cm³/mol. The molecule has 1 atom stereocenters. The van der Waals surface area contributed by atoms with Crippen molar-refractivity contribution in [2.24, 2.45) is 0 Å². The van der Waals surface area contributed by atoms with Crippen LogP contribution in [0, 0.1) is 0 Å². The van der Waals surface area contributed by atoms with Crippen LogP contribution in [0.4, 0.5) is 0 Å². The predicted octanol–water partition coefficient (Wildman–Crippen LogP) is -0.768. The molecule has 5 nitrogen and oxygen atoms in total. The smallest absolute Gasteiger partial charge is 0.377 e. The largest absolute Gasteiger partial charge is 0.505 e. The lowest BCUT2D eigenvalue weighted by molar-refractivity contribution is -0.143. The van der Waals surface area contributed by atoms with Gasteiger partial charge in [-0.25, -0.2) is 4.79 Å². The summed E-state index contributed by atoms with van der Waals surface area (Å²) in [7, 11) is 0. The van der Waals surface area contributed by atoms with Crippen LogP contribution in [0.5, 0.6) is 0 Å². The summed E-state index contributed by atoms with van der Waals surface area (Å²) < 4.78 is 4.27. The van der Waals surface area contributed by atoms with Gasteiger partial charge in [-0.05, 0) is 0 Å². The molecular formula is C5H6O5. The monoisotopic (exact) mass is 146 g/mol. The lowest BCUT2D eigenvalue weighted by Gasteiger charge is -2.03. The summed E-state index contributed by atoms with van der Waals surface area (Å²) in [6, 6.07) is 0. The van der Waals surface area contributed by atoms with Gasteiger partial charge < -0.3 is 20.1 Å². The standard InChI is InChI=1S/C5H6O5/c6-1-2-3(7)4(8)5(9)10-2/h2,6-8H,1H2/t2-/m1/s1. The molecule has 0 aromatic heterocycles. The van der Waals surface area contributed by atoms with Gasteiger partial charge in [0, 0.05) is 0 Å². The summed E-state index contributed by atoms with van der Waals surface area (Å²) in [5, 5.41) is 25.8. The Kier molecular flexibility index (Phi) is 1.50. The molecule has 0 aromatic carbocycles. The molecule has 1 aliphatic heterocycles. The van der Waals surface area contributed by atoms with Crippen LogP contribution in [0.1, 0.15) is 0 Å². The minimum Gasteiger partial charge on any atom is -0.505 e. The van der Waals surface area contributed by atoms with Gasteiger partial charge >= 0.3 is 5.97 Å². The first-order chi connectivity index (χ1) is 4.66. The minimum absolute atomic E-state index is 0.526. The summed E-state index contributed by atoms with van der Waals surface area (Å²) in [4.78, 5) is 10.4. The average molecular weight is 146 g/mol. The molecule has 56 valence electrons. The average Bonchev–Trinajstić information content (AvgIpc) is 2.17. The summed E-state index contributed by atoms with van der Waals surface area (Å²) in [5.41, 5.74) is 0. The first-order valence-corrected chi connectivity index (χ1v) is 2.60. The van der Waals surface area contributed by atoms with Crippen LogP contribution in [-0.2, 0) is 9.53 Å². The number of hydrogen-bond donors (Lipinski definition) is 3. The number of aliphatic hydroxyl groups excluding tert-OH is 3. The Bertz CT molecular complexity index is 194. The second-order valence-electron chi connectivity index (χ2n) is 1.81. The fourth-order valence-electron chi connectivity index (χ4n) is 0.622. The third kappa shape index (κ3) is 0.801. The lowest BCUT2D eigenvalue weighted by atomic mass is 10.3. The first-order valence-electron chi connectivity index (χ1n) is 2.60. The van der Waals surface area contributed by atoms with E-state index in [0.29, 0.717) is 0 Å². The van der Waals surface area contributed by atoms with Gasteiger partial charge in [0.15, 0.2) is 11.9 Å². The summed E-state index contributed by atoms with van der Waals surface area (Å²) >= 11 is 0. The van der Waals surface area contributed by atoms with Crippen molar-refractivity contribution in [3.63, 3.8) is 0 Å². The van der Waals surface area contributed by atoms with Crippen LogP contribution < -0.4 is 0 Å². The molecule has 1 heterocycles. The third-order valence-corrected chi connectivity index (χ3v) is 1.16. The Hall–Kier alpha value is -1.23. The highest BCUT2D eigenvalue weighted by Crippen LogP contribution is 2.17. The molecule has 3 N–H and O–H groups in total. The van der Waals surface area contributed by atoms with Crippen LogP contribution in [0.3, 0.4) is 0 Å². The molecule has 0 amide bonds. The number of carbonyl (C=O) groups excluding carboxylic acids is 1. The topological polar surface area (TPSA) is 87.0 Å². The number of carbonyl (C=O) groups is 1. The van der Waals surface area contributed by atoms with Crippen LogP contribution in [0.2, 0.25) is 0 Å². The maximum absolute atomic E-state index is 10.4. The van der Waals surface area contributed by atoms with Crippen molar-refractivity contribution in [2.45, 2.75) is 6.10 Å². The van der Waals surface area contributed by atoms with Crippen molar-refractivity contribution in [3.8, 4) is 0 Å². The summed E-state index contributed by atoms with van der Waals surface area (Å²) in [5.74, 6) is -2.43. The number of esters is 1. The zero-order chi connectivity index (χ0) is 7.72. The van der Waals surface area contributed by atoms with E-state index < -0.39 is 30.2 Å². The molecule has 0 saturated heterocycles. The van der Waals surface area contributed by atoms with Crippen molar-refractivity contribution in [1.82, 2.24) is 0 Å². The van der Waals surface area contributed by atoms with Crippen LogP contribution in [0.25, 0.3) is 0 Å². The number of cyclic esters (lactones) is 1. The van der Waals surface area contributed by atoms with Crippen molar-refractivity contribution < 1.29 is 24.9 Å². The lowest BCUT2D eigenvalue weighted by Crippen LogP contribution is -2.15. The van der Waals surface area contributed by atoms with E-state index in [-0.39, 0.29) is 0 Å². The van der Waals surface area contributed by atoms with E-state index in [4.69, 9.17) is 15.3 Å². The van der Waals surface area contributed by atoms with Crippen LogP contribution in [-0.4, -0.2) is 34.0 Å². The van der Waals surface area contributed by atoms with Gasteiger partial charge in [-0.3, -0.25) is 0 Å².